The number of hydrogen-bond acceptors (Lipinski definition) is 2. The van der Waals surface area contributed by atoms with Gasteiger partial charge in [0.15, 0.2) is 5.78 Å². The number of nitrogens with zero attached hydrogens (tertiary/aromatic N) is 1. The molecule has 110 valence electrons. The van der Waals surface area contributed by atoms with Gasteiger partial charge in [0.2, 0.25) is 0 Å². The van der Waals surface area contributed by atoms with E-state index in [1.165, 1.54) is 18.6 Å². The van der Waals surface area contributed by atoms with Crippen LogP contribution in [0.25, 0.3) is 0 Å². The molecule has 0 saturated carbocycles. The maximum atomic E-state index is 13.1. The quantitative estimate of drug-likeness (QED) is 0.825. The normalized spacial score (nSPS) is 17.2. The molecule has 2 rings (SSSR count). The van der Waals surface area contributed by atoms with Gasteiger partial charge < -0.3 is 0 Å². The third-order valence-electron chi connectivity index (χ3n) is 4.20. The lowest BCUT2D eigenvalue weighted by atomic mass is 9.90. The fraction of sp³-hybridized carbons (Fsp3) is 0.562. The summed E-state index contributed by atoms with van der Waals surface area (Å²) in [4.78, 5) is 14.9. The number of piperidine rings is 1. The molecule has 1 aliphatic rings. The highest BCUT2D eigenvalue weighted by Gasteiger charge is 2.34. The molecule has 0 unspecified atom stereocenters. The minimum absolute atomic E-state index is 0.187. The summed E-state index contributed by atoms with van der Waals surface area (Å²) in [6.45, 7) is 5.98. The standard InChI is InChI=1S/C16H21BrFNO/c1-16(2,19-8-4-3-5-9-19)15(20)10-12-6-7-13(18)11-14(12)17/h6-7,11H,3-5,8-10H2,1-2H3. The van der Waals surface area contributed by atoms with E-state index in [0.717, 1.165) is 31.5 Å². The highest BCUT2D eigenvalue weighted by Crippen LogP contribution is 2.25. The fourth-order valence-corrected chi connectivity index (χ4v) is 3.17. The number of likely N-dealkylation sites (tertiary alicyclic amines) is 1. The summed E-state index contributed by atoms with van der Waals surface area (Å²) in [5.74, 6) is -0.102. The van der Waals surface area contributed by atoms with Crippen molar-refractivity contribution in [2.24, 2.45) is 0 Å². The van der Waals surface area contributed by atoms with Crippen LogP contribution in [-0.2, 0) is 11.2 Å². The maximum absolute atomic E-state index is 13.1. The molecule has 0 N–H and O–H groups in total. The number of carbonyl (C=O) groups excluding carboxylic acids is 1. The zero-order chi connectivity index (χ0) is 14.8. The highest BCUT2D eigenvalue weighted by atomic mass is 79.9. The SMILES string of the molecule is CC(C)(C(=O)Cc1ccc(F)cc1Br)N1CCCCC1. The van der Waals surface area contributed by atoms with Gasteiger partial charge in [-0.05, 0) is 57.5 Å². The van der Waals surface area contributed by atoms with Gasteiger partial charge in [0, 0.05) is 10.9 Å². The Morgan fingerprint density at radius 1 is 1.30 bits per heavy atom. The molecule has 1 heterocycles. The molecule has 0 amide bonds. The van der Waals surface area contributed by atoms with Crippen molar-refractivity contribution in [3.63, 3.8) is 0 Å². The Morgan fingerprint density at radius 2 is 1.95 bits per heavy atom. The molecule has 0 bridgehead atoms. The molecule has 20 heavy (non-hydrogen) atoms. The lowest BCUT2D eigenvalue weighted by molar-refractivity contribution is -0.129. The van der Waals surface area contributed by atoms with Crippen molar-refractivity contribution < 1.29 is 9.18 Å². The fourth-order valence-electron chi connectivity index (χ4n) is 2.68. The van der Waals surface area contributed by atoms with Gasteiger partial charge in [-0.15, -0.1) is 0 Å². The Labute approximate surface area is 128 Å². The topological polar surface area (TPSA) is 20.3 Å². The van der Waals surface area contributed by atoms with E-state index in [1.54, 1.807) is 6.07 Å². The Kier molecular flexibility index (Phi) is 4.97. The summed E-state index contributed by atoms with van der Waals surface area (Å²) in [5.41, 5.74) is 0.398. The lowest BCUT2D eigenvalue weighted by Crippen LogP contribution is -2.52. The molecule has 4 heteroatoms. The molecule has 2 nitrogen and oxygen atoms in total. The van der Waals surface area contributed by atoms with E-state index >= 15 is 0 Å². The Morgan fingerprint density at radius 3 is 2.55 bits per heavy atom. The molecule has 1 fully saturated rings. The van der Waals surface area contributed by atoms with Crippen LogP contribution < -0.4 is 0 Å². The first kappa shape index (κ1) is 15.6. The van der Waals surface area contributed by atoms with E-state index in [2.05, 4.69) is 20.8 Å². The summed E-state index contributed by atoms with van der Waals surface area (Å²) in [5, 5.41) is 0. The summed E-state index contributed by atoms with van der Waals surface area (Å²) >= 11 is 3.33. The number of rotatable bonds is 4. The maximum Gasteiger partial charge on any atom is 0.156 e. The van der Waals surface area contributed by atoms with Crippen LogP contribution >= 0.6 is 15.9 Å². The second-order valence-corrected chi connectivity index (χ2v) is 6.80. The Balaban J connectivity index is 2.09. The highest BCUT2D eigenvalue weighted by molar-refractivity contribution is 9.10. The summed E-state index contributed by atoms with van der Waals surface area (Å²) in [7, 11) is 0. The van der Waals surface area contributed by atoms with Crippen molar-refractivity contribution in [1.29, 1.82) is 0 Å². The van der Waals surface area contributed by atoms with Crippen molar-refractivity contribution in [3.8, 4) is 0 Å². The van der Waals surface area contributed by atoms with Gasteiger partial charge in [-0.1, -0.05) is 28.4 Å². The Hall–Kier alpha value is -0.740. The van der Waals surface area contributed by atoms with Gasteiger partial charge in [-0.25, -0.2) is 4.39 Å². The molecular formula is C16H21BrFNO. The number of hydrogen-bond donors (Lipinski definition) is 0. The van der Waals surface area contributed by atoms with Crippen LogP contribution in [0.3, 0.4) is 0 Å². The van der Waals surface area contributed by atoms with E-state index < -0.39 is 5.54 Å². The Bertz CT molecular complexity index is 495. The van der Waals surface area contributed by atoms with Crippen molar-refractivity contribution in [2.45, 2.75) is 45.1 Å². The predicted octanol–water partition coefficient (Wildman–Crippen LogP) is 3.96. The lowest BCUT2D eigenvalue weighted by Gasteiger charge is -2.39. The monoisotopic (exact) mass is 341 g/mol. The average molecular weight is 342 g/mol. The number of benzene rings is 1. The van der Waals surface area contributed by atoms with Crippen LogP contribution in [0, 0.1) is 5.82 Å². The zero-order valence-electron chi connectivity index (χ0n) is 12.1. The molecule has 0 radical (unpaired) electrons. The summed E-state index contributed by atoms with van der Waals surface area (Å²) in [6.07, 6.45) is 3.92. The third kappa shape index (κ3) is 3.47. The van der Waals surface area contributed by atoms with Crippen LogP contribution in [0.4, 0.5) is 4.39 Å². The minimum Gasteiger partial charge on any atom is -0.297 e. The van der Waals surface area contributed by atoms with E-state index in [4.69, 9.17) is 0 Å². The molecule has 0 aliphatic carbocycles. The van der Waals surface area contributed by atoms with E-state index in [9.17, 15) is 9.18 Å². The molecular weight excluding hydrogens is 321 g/mol. The van der Waals surface area contributed by atoms with Crippen molar-refractivity contribution >= 4 is 21.7 Å². The molecule has 0 aromatic heterocycles. The first-order valence-corrected chi connectivity index (χ1v) is 7.93. The molecule has 1 saturated heterocycles. The van der Waals surface area contributed by atoms with Crippen LogP contribution in [0.5, 0.6) is 0 Å². The van der Waals surface area contributed by atoms with Crippen molar-refractivity contribution in [1.82, 2.24) is 4.90 Å². The molecule has 1 aliphatic heterocycles. The largest absolute Gasteiger partial charge is 0.297 e. The number of ketones is 1. The average Bonchev–Trinajstić information content (AvgIpc) is 2.42. The van der Waals surface area contributed by atoms with Gasteiger partial charge in [0.05, 0.1) is 5.54 Å². The van der Waals surface area contributed by atoms with E-state index in [-0.39, 0.29) is 11.6 Å². The summed E-state index contributed by atoms with van der Waals surface area (Å²) in [6, 6.07) is 4.50. The molecule has 1 aromatic rings. The second-order valence-electron chi connectivity index (χ2n) is 5.94. The van der Waals surface area contributed by atoms with Gasteiger partial charge in [0.25, 0.3) is 0 Å². The minimum atomic E-state index is -0.450. The number of halogens is 2. The summed E-state index contributed by atoms with van der Waals surface area (Å²) < 4.78 is 13.8. The number of Topliss-reactive ketones (excluding diaryl/α,β-unsaturated/α-hetero) is 1. The van der Waals surface area contributed by atoms with Crippen LogP contribution in [-0.4, -0.2) is 29.3 Å². The van der Waals surface area contributed by atoms with Crippen LogP contribution in [0.15, 0.2) is 22.7 Å². The van der Waals surface area contributed by atoms with Gasteiger partial charge in [0.1, 0.15) is 5.82 Å². The molecule has 1 aromatic carbocycles. The first-order chi connectivity index (χ1) is 9.41. The van der Waals surface area contributed by atoms with Gasteiger partial charge >= 0.3 is 0 Å². The number of carbonyl (C=O) groups is 1. The second kappa shape index (κ2) is 6.35. The third-order valence-corrected chi connectivity index (χ3v) is 4.93. The van der Waals surface area contributed by atoms with E-state index in [1.807, 2.05) is 13.8 Å². The van der Waals surface area contributed by atoms with Crippen LogP contribution in [0.1, 0.15) is 38.7 Å². The van der Waals surface area contributed by atoms with Crippen LogP contribution in [0.2, 0.25) is 0 Å². The van der Waals surface area contributed by atoms with Gasteiger partial charge in [-0.3, -0.25) is 9.69 Å². The molecule has 0 spiro atoms. The molecule has 0 atom stereocenters. The van der Waals surface area contributed by atoms with E-state index in [0.29, 0.717) is 10.9 Å². The smallest absolute Gasteiger partial charge is 0.156 e. The zero-order valence-corrected chi connectivity index (χ0v) is 13.7. The van der Waals surface area contributed by atoms with Crippen molar-refractivity contribution in [2.75, 3.05) is 13.1 Å². The predicted molar refractivity (Wildman–Crippen MR) is 82.3 cm³/mol. The van der Waals surface area contributed by atoms with Crippen molar-refractivity contribution in [3.05, 3.63) is 34.1 Å². The first-order valence-electron chi connectivity index (χ1n) is 7.13. The van der Waals surface area contributed by atoms with Gasteiger partial charge in [-0.2, -0.15) is 0 Å².